The summed E-state index contributed by atoms with van der Waals surface area (Å²) >= 11 is 0. The highest BCUT2D eigenvalue weighted by Gasteiger charge is 2.18. The van der Waals surface area contributed by atoms with Crippen LogP contribution in [0.3, 0.4) is 0 Å². The first-order valence-corrected chi connectivity index (χ1v) is 21.1. The highest BCUT2D eigenvalue weighted by atomic mass is 16.4. The number of hydrogen-bond donors (Lipinski definition) is 4. The third kappa shape index (κ3) is 32.1. The minimum Gasteiger partial charge on any atom is -0.481 e. The Hall–Kier alpha value is -1.14. The summed E-state index contributed by atoms with van der Waals surface area (Å²) in [6.07, 6.45) is 36.0. The predicted octanol–water partition coefficient (Wildman–Crippen LogP) is 12.4. The van der Waals surface area contributed by atoms with Crippen LogP contribution in [0.1, 0.15) is 232 Å². The highest BCUT2D eigenvalue weighted by molar-refractivity contribution is 5.70. The van der Waals surface area contributed by atoms with Crippen LogP contribution >= 0.6 is 0 Å². The molecule has 0 spiro atoms. The van der Waals surface area contributed by atoms with E-state index >= 15 is 0 Å². The average molecular weight is 683 g/mol. The Morgan fingerprint density at radius 3 is 0.729 bits per heavy atom. The number of rotatable bonds is 39. The van der Waals surface area contributed by atoms with Crippen LogP contribution in [0, 0.1) is 11.8 Å². The van der Waals surface area contributed by atoms with Crippen LogP contribution in [0.2, 0.25) is 0 Å². The number of unbranched alkanes of at least 4 members (excludes halogenated alkanes) is 21. The molecule has 48 heavy (non-hydrogen) atoms. The van der Waals surface area contributed by atoms with Crippen molar-refractivity contribution in [2.45, 2.75) is 244 Å². The quantitative estimate of drug-likeness (QED) is 0.0480. The van der Waals surface area contributed by atoms with Crippen LogP contribution in [0.4, 0.5) is 0 Å². The minimum atomic E-state index is -0.666. The van der Waals surface area contributed by atoms with Crippen molar-refractivity contribution in [2.24, 2.45) is 11.8 Å². The van der Waals surface area contributed by atoms with Crippen molar-refractivity contribution in [3.05, 3.63) is 0 Å². The number of carboxylic acid groups (broad SMARTS) is 2. The molecule has 0 bridgehead atoms. The maximum absolute atomic E-state index is 11.8. The van der Waals surface area contributed by atoms with E-state index in [4.69, 9.17) is 0 Å². The molecule has 0 saturated heterocycles. The van der Waals surface area contributed by atoms with E-state index in [1.807, 2.05) is 0 Å². The van der Waals surface area contributed by atoms with Crippen LogP contribution < -0.4 is 0 Å². The molecule has 0 saturated carbocycles. The van der Waals surface area contributed by atoms with Gasteiger partial charge in [-0.05, 0) is 51.4 Å². The van der Waals surface area contributed by atoms with Gasteiger partial charge in [-0.15, -0.1) is 0 Å². The summed E-state index contributed by atoms with van der Waals surface area (Å²) in [5.41, 5.74) is 0. The Morgan fingerprint density at radius 1 is 0.333 bits per heavy atom. The van der Waals surface area contributed by atoms with E-state index in [1.165, 1.54) is 89.9 Å². The molecule has 6 nitrogen and oxygen atoms in total. The summed E-state index contributed by atoms with van der Waals surface area (Å²) in [6.45, 7) is 4.42. The molecular weight excluding hydrogens is 600 g/mol. The molecule has 0 heterocycles. The van der Waals surface area contributed by atoms with Gasteiger partial charge in [0.25, 0.3) is 0 Å². The van der Waals surface area contributed by atoms with Crippen LogP contribution in [-0.4, -0.2) is 44.6 Å². The zero-order valence-corrected chi connectivity index (χ0v) is 32.0. The van der Waals surface area contributed by atoms with E-state index in [0.29, 0.717) is 0 Å². The standard InChI is InChI=1S/C42H82O6/c1-3-5-7-25-33-39(43)35-27-17-13-9-11-15-21-29-37(41(45)46)31-23-19-20-24-32-38(42(47)48)30-22-16-12-10-14-18-28-36-40(44)34-26-8-6-4-2/h37-40,43-44H,3-36H2,1-2H3,(H,45,46)(H,47,48). The second kappa shape index (κ2) is 35.7. The number of aliphatic hydroxyl groups is 2. The van der Waals surface area contributed by atoms with Gasteiger partial charge in [0.05, 0.1) is 24.0 Å². The van der Waals surface area contributed by atoms with Gasteiger partial charge in [-0.3, -0.25) is 9.59 Å². The molecule has 0 amide bonds. The summed E-state index contributed by atoms with van der Waals surface area (Å²) in [5.74, 6) is -1.83. The molecule has 0 aliphatic carbocycles. The number of carbonyl (C=O) groups is 2. The molecule has 0 rings (SSSR count). The number of carboxylic acids is 2. The van der Waals surface area contributed by atoms with E-state index < -0.39 is 11.9 Å². The van der Waals surface area contributed by atoms with Gasteiger partial charge in [0.2, 0.25) is 0 Å². The summed E-state index contributed by atoms with van der Waals surface area (Å²) in [4.78, 5) is 23.5. The second-order valence-electron chi connectivity index (χ2n) is 15.2. The van der Waals surface area contributed by atoms with Gasteiger partial charge in [-0.1, -0.05) is 181 Å². The van der Waals surface area contributed by atoms with Crippen molar-refractivity contribution in [3.63, 3.8) is 0 Å². The van der Waals surface area contributed by atoms with E-state index in [0.717, 1.165) is 128 Å². The van der Waals surface area contributed by atoms with Crippen LogP contribution in [0.25, 0.3) is 0 Å². The molecule has 0 aromatic rings. The lowest BCUT2D eigenvalue weighted by atomic mass is 9.92. The molecule has 4 atom stereocenters. The van der Waals surface area contributed by atoms with Gasteiger partial charge in [-0.2, -0.15) is 0 Å². The molecule has 0 aliphatic rings. The Morgan fingerprint density at radius 2 is 0.521 bits per heavy atom. The fourth-order valence-corrected chi connectivity index (χ4v) is 7.13. The van der Waals surface area contributed by atoms with E-state index in [9.17, 15) is 30.0 Å². The molecule has 0 fully saturated rings. The summed E-state index contributed by atoms with van der Waals surface area (Å²) in [5, 5.41) is 39.5. The number of aliphatic carboxylic acids is 2. The number of aliphatic hydroxyl groups excluding tert-OH is 2. The fourth-order valence-electron chi connectivity index (χ4n) is 7.13. The topological polar surface area (TPSA) is 115 Å². The lowest BCUT2D eigenvalue weighted by Gasteiger charge is -2.14. The zero-order chi connectivity index (χ0) is 35.5. The maximum Gasteiger partial charge on any atom is 0.306 e. The third-order valence-corrected chi connectivity index (χ3v) is 10.5. The molecule has 0 aliphatic heterocycles. The maximum atomic E-state index is 11.8. The Kier molecular flexibility index (Phi) is 34.8. The predicted molar refractivity (Wildman–Crippen MR) is 203 cm³/mol. The Balaban J connectivity index is 3.75. The normalized spacial score (nSPS) is 14.2. The average Bonchev–Trinajstić information content (AvgIpc) is 3.06. The highest BCUT2D eigenvalue weighted by Crippen LogP contribution is 2.23. The van der Waals surface area contributed by atoms with E-state index in [2.05, 4.69) is 13.8 Å². The van der Waals surface area contributed by atoms with Crippen molar-refractivity contribution in [1.82, 2.24) is 0 Å². The molecule has 4 N–H and O–H groups in total. The summed E-state index contributed by atoms with van der Waals surface area (Å²) < 4.78 is 0. The fraction of sp³-hybridized carbons (Fsp3) is 0.952. The zero-order valence-electron chi connectivity index (χ0n) is 32.0. The molecule has 0 aromatic heterocycles. The van der Waals surface area contributed by atoms with Gasteiger partial charge >= 0.3 is 11.9 Å². The largest absolute Gasteiger partial charge is 0.481 e. The third-order valence-electron chi connectivity index (χ3n) is 10.5. The lowest BCUT2D eigenvalue weighted by Crippen LogP contribution is -2.14. The first-order valence-electron chi connectivity index (χ1n) is 21.1. The van der Waals surface area contributed by atoms with Gasteiger partial charge < -0.3 is 20.4 Å². The molecule has 0 radical (unpaired) electrons. The van der Waals surface area contributed by atoms with Crippen molar-refractivity contribution >= 4 is 11.9 Å². The molecule has 6 heteroatoms. The van der Waals surface area contributed by atoms with Crippen molar-refractivity contribution < 1.29 is 30.0 Å². The lowest BCUT2D eigenvalue weighted by molar-refractivity contribution is -0.143. The molecule has 0 aromatic carbocycles. The molecular formula is C42H82O6. The van der Waals surface area contributed by atoms with Crippen LogP contribution in [0.5, 0.6) is 0 Å². The van der Waals surface area contributed by atoms with E-state index in [1.54, 1.807) is 0 Å². The van der Waals surface area contributed by atoms with Crippen molar-refractivity contribution in [2.75, 3.05) is 0 Å². The smallest absolute Gasteiger partial charge is 0.306 e. The SMILES string of the molecule is CCCCCCC(O)CCCCCCCCCC(CCCCCCC(CCCCCCCCCC(O)CCCCCC)C(=O)O)C(=O)O. The Labute approximate surface area is 297 Å². The molecule has 4 unspecified atom stereocenters. The van der Waals surface area contributed by atoms with Gasteiger partial charge in [-0.25, -0.2) is 0 Å². The second-order valence-corrected chi connectivity index (χ2v) is 15.2. The monoisotopic (exact) mass is 683 g/mol. The first kappa shape index (κ1) is 46.9. The van der Waals surface area contributed by atoms with Gasteiger partial charge in [0.1, 0.15) is 0 Å². The van der Waals surface area contributed by atoms with Crippen LogP contribution in [0.15, 0.2) is 0 Å². The van der Waals surface area contributed by atoms with E-state index in [-0.39, 0.29) is 24.0 Å². The Bertz CT molecular complexity index is 640. The van der Waals surface area contributed by atoms with Crippen molar-refractivity contribution in [3.8, 4) is 0 Å². The number of hydrogen-bond acceptors (Lipinski definition) is 4. The summed E-state index contributed by atoms with van der Waals surface area (Å²) in [7, 11) is 0. The molecule has 286 valence electrons. The van der Waals surface area contributed by atoms with Gasteiger partial charge in [0.15, 0.2) is 0 Å². The summed E-state index contributed by atoms with van der Waals surface area (Å²) in [6, 6.07) is 0. The van der Waals surface area contributed by atoms with Gasteiger partial charge in [0, 0.05) is 0 Å². The first-order chi connectivity index (χ1) is 23.3. The van der Waals surface area contributed by atoms with Crippen LogP contribution in [-0.2, 0) is 9.59 Å². The minimum absolute atomic E-state index is 0.126. The van der Waals surface area contributed by atoms with Crippen molar-refractivity contribution in [1.29, 1.82) is 0 Å².